The van der Waals surface area contributed by atoms with Gasteiger partial charge in [-0.2, -0.15) is 0 Å². The van der Waals surface area contributed by atoms with Crippen molar-refractivity contribution in [2.75, 3.05) is 40.3 Å². The smallest absolute Gasteiger partial charge is 0.0192 e. The van der Waals surface area contributed by atoms with Crippen LogP contribution >= 0.6 is 0 Å². The Hall–Kier alpha value is -0.120. The molecule has 0 saturated carbocycles. The molecule has 0 aromatic heterocycles. The zero-order valence-corrected chi connectivity index (χ0v) is 10.8. The quantitative estimate of drug-likeness (QED) is 0.735. The van der Waals surface area contributed by atoms with E-state index in [9.17, 15) is 0 Å². The Kier molecular flexibility index (Phi) is 5.58. The fraction of sp³-hybridized carbons (Fsp3) is 1.00. The van der Waals surface area contributed by atoms with E-state index in [0.29, 0.717) is 12.1 Å². The summed E-state index contributed by atoms with van der Waals surface area (Å²) >= 11 is 0. The molecule has 0 aromatic rings. The highest BCUT2D eigenvalue weighted by molar-refractivity contribution is 4.79. The van der Waals surface area contributed by atoms with E-state index in [4.69, 9.17) is 0 Å². The van der Waals surface area contributed by atoms with Crippen molar-refractivity contribution in [2.24, 2.45) is 0 Å². The zero-order chi connectivity index (χ0) is 11.3. The van der Waals surface area contributed by atoms with Gasteiger partial charge in [-0.25, -0.2) is 0 Å². The first-order valence-electron chi connectivity index (χ1n) is 6.27. The third kappa shape index (κ3) is 4.09. The summed E-state index contributed by atoms with van der Waals surface area (Å²) in [7, 11) is 4.31. The molecule has 2 unspecified atom stereocenters. The Labute approximate surface area is 94.8 Å². The molecule has 1 aliphatic rings. The average Bonchev–Trinajstić information content (AvgIpc) is 2.23. The first-order valence-corrected chi connectivity index (χ1v) is 6.27. The molecule has 3 nitrogen and oxygen atoms in total. The number of likely N-dealkylation sites (N-methyl/N-ethyl adjacent to an activating group) is 2. The van der Waals surface area contributed by atoms with Crippen molar-refractivity contribution in [1.82, 2.24) is 15.1 Å². The summed E-state index contributed by atoms with van der Waals surface area (Å²) in [6.07, 6.45) is 2.56. The molecular formula is C12H27N3. The Bertz CT molecular complexity index is 172. The molecular weight excluding hydrogens is 186 g/mol. The van der Waals surface area contributed by atoms with Gasteiger partial charge in [0.1, 0.15) is 0 Å². The molecule has 15 heavy (non-hydrogen) atoms. The van der Waals surface area contributed by atoms with Gasteiger partial charge in [-0.3, -0.25) is 4.90 Å². The maximum absolute atomic E-state index is 3.42. The van der Waals surface area contributed by atoms with Gasteiger partial charge in [0.2, 0.25) is 0 Å². The number of rotatable bonds is 5. The minimum atomic E-state index is 0.672. The van der Waals surface area contributed by atoms with Crippen molar-refractivity contribution in [3.63, 3.8) is 0 Å². The molecule has 1 heterocycles. The van der Waals surface area contributed by atoms with Crippen LogP contribution < -0.4 is 5.32 Å². The highest BCUT2D eigenvalue weighted by Gasteiger charge is 2.21. The number of nitrogens with one attached hydrogen (secondary N) is 1. The SMILES string of the molecule is CCCC(CN1CCN(C)C(C)C1)NC. The second-order valence-electron chi connectivity index (χ2n) is 4.86. The van der Waals surface area contributed by atoms with Crippen molar-refractivity contribution in [3.05, 3.63) is 0 Å². The summed E-state index contributed by atoms with van der Waals surface area (Å²) in [5.41, 5.74) is 0. The van der Waals surface area contributed by atoms with Crippen LogP contribution in [0.5, 0.6) is 0 Å². The fourth-order valence-corrected chi connectivity index (χ4v) is 2.28. The molecule has 0 amide bonds. The van der Waals surface area contributed by atoms with Crippen LogP contribution in [0.3, 0.4) is 0 Å². The lowest BCUT2D eigenvalue weighted by molar-refractivity contribution is 0.0967. The molecule has 2 atom stereocenters. The van der Waals surface area contributed by atoms with Gasteiger partial charge in [0, 0.05) is 38.3 Å². The van der Waals surface area contributed by atoms with Crippen molar-refractivity contribution in [2.45, 2.75) is 38.8 Å². The van der Waals surface area contributed by atoms with Gasteiger partial charge in [-0.1, -0.05) is 13.3 Å². The minimum absolute atomic E-state index is 0.672. The van der Waals surface area contributed by atoms with Crippen LogP contribution in [-0.2, 0) is 0 Å². The monoisotopic (exact) mass is 213 g/mol. The van der Waals surface area contributed by atoms with Crippen LogP contribution in [0.4, 0.5) is 0 Å². The van der Waals surface area contributed by atoms with E-state index in [1.54, 1.807) is 0 Å². The molecule has 1 rings (SSSR count). The molecule has 1 saturated heterocycles. The highest BCUT2D eigenvalue weighted by Crippen LogP contribution is 2.08. The third-order valence-electron chi connectivity index (χ3n) is 3.57. The molecule has 0 aromatic carbocycles. The van der Waals surface area contributed by atoms with Gasteiger partial charge in [-0.05, 0) is 27.4 Å². The summed E-state index contributed by atoms with van der Waals surface area (Å²) in [5, 5.41) is 3.42. The Balaban J connectivity index is 2.31. The van der Waals surface area contributed by atoms with Crippen molar-refractivity contribution in [3.8, 4) is 0 Å². The van der Waals surface area contributed by atoms with E-state index in [2.05, 4.69) is 43.1 Å². The first kappa shape index (κ1) is 12.9. The molecule has 3 heteroatoms. The first-order chi connectivity index (χ1) is 7.17. The number of hydrogen-bond donors (Lipinski definition) is 1. The Morgan fingerprint density at radius 2 is 2.13 bits per heavy atom. The predicted octanol–water partition coefficient (Wildman–Crippen LogP) is 1.01. The van der Waals surface area contributed by atoms with Gasteiger partial charge in [0.25, 0.3) is 0 Å². The third-order valence-corrected chi connectivity index (χ3v) is 3.57. The van der Waals surface area contributed by atoms with Gasteiger partial charge in [0.15, 0.2) is 0 Å². The minimum Gasteiger partial charge on any atom is -0.316 e. The molecule has 0 spiro atoms. The van der Waals surface area contributed by atoms with E-state index in [-0.39, 0.29) is 0 Å². The molecule has 0 aliphatic carbocycles. The van der Waals surface area contributed by atoms with E-state index in [1.807, 2.05) is 0 Å². The predicted molar refractivity (Wildman–Crippen MR) is 66.3 cm³/mol. The van der Waals surface area contributed by atoms with Crippen LogP contribution in [0, 0.1) is 0 Å². The van der Waals surface area contributed by atoms with Gasteiger partial charge >= 0.3 is 0 Å². The standard InChI is InChI=1S/C12H27N3/c1-5-6-12(13-3)10-15-8-7-14(4)11(2)9-15/h11-13H,5-10H2,1-4H3. The van der Waals surface area contributed by atoms with Gasteiger partial charge < -0.3 is 10.2 Å². The molecule has 90 valence electrons. The molecule has 1 N–H and O–H groups in total. The molecule has 0 bridgehead atoms. The van der Waals surface area contributed by atoms with Crippen molar-refractivity contribution < 1.29 is 0 Å². The normalized spacial score (nSPS) is 26.8. The number of piperazine rings is 1. The lowest BCUT2D eigenvalue weighted by Crippen LogP contribution is -2.53. The van der Waals surface area contributed by atoms with Crippen LogP contribution in [0.15, 0.2) is 0 Å². The largest absolute Gasteiger partial charge is 0.316 e. The van der Waals surface area contributed by atoms with Crippen molar-refractivity contribution in [1.29, 1.82) is 0 Å². The Morgan fingerprint density at radius 3 is 2.67 bits per heavy atom. The van der Waals surface area contributed by atoms with E-state index < -0.39 is 0 Å². The van der Waals surface area contributed by atoms with E-state index >= 15 is 0 Å². The lowest BCUT2D eigenvalue weighted by atomic mass is 10.1. The molecule has 0 radical (unpaired) electrons. The second kappa shape index (κ2) is 6.46. The highest BCUT2D eigenvalue weighted by atomic mass is 15.3. The maximum Gasteiger partial charge on any atom is 0.0192 e. The maximum atomic E-state index is 3.42. The topological polar surface area (TPSA) is 18.5 Å². The average molecular weight is 213 g/mol. The second-order valence-corrected chi connectivity index (χ2v) is 4.86. The summed E-state index contributed by atoms with van der Waals surface area (Å²) in [6, 6.07) is 1.38. The number of nitrogens with zero attached hydrogens (tertiary/aromatic N) is 2. The van der Waals surface area contributed by atoms with E-state index in [0.717, 1.165) is 0 Å². The molecule has 1 fully saturated rings. The summed E-state index contributed by atoms with van der Waals surface area (Å²) < 4.78 is 0. The zero-order valence-electron chi connectivity index (χ0n) is 10.8. The number of hydrogen-bond acceptors (Lipinski definition) is 3. The van der Waals surface area contributed by atoms with Crippen LogP contribution in [-0.4, -0.2) is 62.2 Å². The van der Waals surface area contributed by atoms with Crippen LogP contribution in [0.1, 0.15) is 26.7 Å². The van der Waals surface area contributed by atoms with E-state index in [1.165, 1.54) is 39.0 Å². The van der Waals surface area contributed by atoms with Gasteiger partial charge in [-0.15, -0.1) is 0 Å². The lowest BCUT2D eigenvalue weighted by Gasteiger charge is -2.39. The summed E-state index contributed by atoms with van der Waals surface area (Å²) in [4.78, 5) is 5.05. The van der Waals surface area contributed by atoms with Gasteiger partial charge in [0.05, 0.1) is 0 Å². The van der Waals surface area contributed by atoms with Crippen molar-refractivity contribution >= 4 is 0 Å². The Morgan fingerprint density at radius 1 is 1.40 bits per heavy atom. The van der Waals surface area contributed by atoms with Crippen LogP contribution in [0.2, 0.25) is 0 Å². The van der Waals surface area contributed by atoms with Crippen LogP contribution in [0.25, 0.3) is 0 Å². The summed E-state index contributed by atoms with van der Waals surface area (Å²) in [6.45, 7) is 9.45. The fourth-order valence-electron chi connectivity index (χ4n) is 2.28. The molecule has 1 aliphatic heterocycles. The summed E-state index contributed by atoms with van der Waals surface area (Å²) in [5.74, 6) is 0.